The maximum absolute atomic E-state index is 3.35. The summed E-state index contributed by atoms with van der Waals surface area (Å²) in [4.78, 5) is 0. The van der Waals surface area contributed by atoms with E-state index in [0.717, 1.165) is 17.1 Å². The average Bonchev–Trinajstić information content (AvgIpc) is 2.69. The van der Waals surface area contributed by atoms with Crippen LogP contribution in [0.1, 0.15) is 22.6 Å². The number of benzene rings is 3. The molecule has 0 saturated heterocycles. The number of nitrogens with one attached hydrogen (secondary N) is 3. The summed E-state index contributed by atoms with van der Waals surface area (Å²) in [7, 11) is 5.93. The van der Waals surface area contributed by atoms with E-state index in [9.17, 15) is 0 Å². The van der Waals surface area contributed by atoms with Crippen molar-refractivity contribution in [1.29, 1.82) is 0 Å². The summed E-state index contributed by atoms with van der Waals surface area (Å²) in [5.74, 6) is 0.121. The molecule has 3 heteroatoms. The molecule has 0 atom stereocenters. The maximum atomic E-state index is 3.35. The van der Waals surface area contributed by atoms with Gasteiger partial charge < -0.3 is 16.0 Å². The molecule has 0 aliphatic rings. The van der Waals surface area contributed by atoms with Gasteiger partial charge >= 0.3 is 0 Å². The number of anilines is 3. The Balaban J connectivity index is 2.29. The molecule has 3 aromatic carbocycles. The number of hydrogen-bond acceptors (Lipinski definition) is 3. The van der Waals surface area contributed by atoms with Crippen LogP contribution in [0.3, 0.4) is 0 Å². The second-order valence-electron chi connectivity index (χ2n) is 5.94. The Morgan fingerprint density at radius 1 is 0.480 bits per heavy atom. The van der Waals surface area contributed by atoms with Crippen molar-refractivity contribution in [1.82, 2.24) is 0 Å². The van der Waals surface area contributed by atoms with E-state index in [1.807, 2.05) is 21.1 Å². The molecule has 0 unspecified atom stereocenters. The van der Waals surface area contributed by atoms with Gasteiger partial charge in [-0.2, -0.15) is 0 Å². The Kier molecular flexibility index (Phi) is 5.24. The SMILES string of the molecule is CNc1ccccc1C(c1ccccc1NC)c1ccccc1NC. The highest BCUT2D eigenvalue weighted by Crippen LogP contribution is 2.41. The maximum Gasteiger partial charge on any atom is 0.0401 e. The van der Waals surface area contributed by atoms with Crippen molar-refractivity contribution in [2.45, 2.75) is 5.92 Å². The summed E-state index contributed by atoms with van der Waals surface area (Å²) in [6.45, 7) is 0. The fraction of sp³-hybridized carbons (Fsp3) is 0.182. The predicted octanol–water partition coefficient (Wildman–Crippen LogP) is 4.99. The largest absolute Gasteiger partial charge is 0.388 e. The molecule has 0 radical (unpaired) electrons. The van der Waals surface area contributed by atoms with Crippen molar-refractivity contribution in [2.24, 2.45) is 0 Å². The molecule has 3 nitrogen and oxygen atoms in total. The summed E-state index contributed by atoms with van der Waals surface area (Å²) < 4.78 is 0. The van der Waals surface area contributed by atoms with Gasteiger partial charge in [-0.15, -0.1) is 0 Å². The minimum atomic E-state index is 0.121. The van der Waals surface area contributed by atoms with E-state index in [4.69, 9.17) is 0 Å². The molecule has 0 aromatic heterocycles. The van der Waals surface area contributed by atoms with Crippen molar-refractivity contribution in [2.75, 3.05) is 37.1 Å². The molecule has 3 aromatic rings. The summed E-state index contributed by atoms with van der Waals surface area (Å²) in [5, 5.41) is 10.0. The summed E-state index contributed by atoms with van der Waals surface area (Å²) in [6, 6.07) is 25.5. The summed E-state index contributed by atoms with van der Waals surface area (Å²) in [5.41, 5.74) is 7.21. The van der Waals surface area contributed by atoms with Gasteiger partial charge in [0.15, 0.2) is 0 Å². The summed E-state index contributed by atoms with van der Waals surface area (Å²) >= 11 is 0. The standard InChI is InChI=1S/C22H25N3/c1-23-19-13-7-4-10-16(19)22(17-11-5-8-14-20(17)24-2)18-12-6-9-15-21(18)25-3/h4-15,22-25H,1-3H3. The van der Waals surface area contributed by atoms with Gasteiger partial charge in [0.2, 0.25) is 0 Å². The minimum Gasteiger partial charge on any atom is -0.388 e. The van der Waals surface area contributed by atoms with Gasteiger partial charge in [-0.1, -0.05) is 54.6 Å². The van der Waals surface area contributed by atoms with E-state index < -0.39 is 0 Å². The molecule has 0 bridgehead atoms. The molecule has 3 rings (SSSR count). The van der Waals surface area contributed by atoms with Crippen LogP contribution in [0.5, 0.6) is 0 Å². The van der Waals surface area contributed by atoms with Gasteiger partial charge in [0.05, 0.1) is 0 Å². The van der Waals surface area contributed by atoms with Crippen LogP contribution in [0.15, 0.2) is 72.8 Å². The van der Waals surface area contributed by atoms with Crippen LogP contribution in [0.2, 0.25) is 0 Å². The Hall–Kier alpha value is -2.94. The van der Waals surface area contributed by atoms with Gasteiger partial charge in [0.1, 0.15) is 0 Å². The first-order valence-electron chi connectivity index (χ1n) is 8.60. The van der Waals surface area contributed by atoms with Crippen molar-refractivity contribution in [3.8, 4) is 0 Å². The van der Waals surface area contributed by atoms with Gasteiger partial charge in [-0.25, -0.2) is 0 Å². The van der Waals surface area contributed by atoms with Crippen molar-refractivity contribution in [3.05, 3.63) is 89.5 Å². The molecular formula is C22H25N3. The lowest BCUT2D eigenvalue weighted by Gasteiger charge is -2.25. The molecular weight excluding hydrogens is 306 g/mol. The Bertz CT molecular complexity index is 729. The molecule has 0 aliphatic carbocycles. The Morgan fingerprint density at radius 3 is 1.04 bits per heavy atom. The lowest BCUT2D eigenvalue weighted by molar-refractivity contribution is 0.979. The first-order valence-corrected chi connectivity index (χ1v) is 8.60. The van der Waals surface area contributed by atoms with E-state index in [1.54, 1.807) is 0 Å². The van der Waals surface area contributed by atoms with Crippen LogP contribution in [-0.4, -0.2) is 21.1 Å². The topological polar surface area (TPSA) is 36.1 Å². The predicted molar refractivity (Wildman–Crippen MR) is 109 cm³/mol. The van der Waals surface area contributed by atoms with Crippen LogP contribution in [0.25, 0.3) is 0 Å². The van der Waals surface area contributed by atoms with Crippen molar-refractivity contribution < 1.29 is 0 Å². The van der Waals surface area contributed by atoms with Gasteiger partial charge in [-0.3, -0.25) is 0 Å². The van der Waals surface area contributed by atoms with Crippen LogP contribution in [0.4, 0.5) is 17.1 Å². The zero-order valence-corrected chi connectivity index (χ0v) is 15.0. The third kappa shape index (κ3) is 3.31. The van der Waals surface area contributed by atoms with Crippen LogP contribution in [0, 0.1) is 0 Å². The molecule has 0 heterocycles. The number of para-hydroxylation sites is 3. The summed E-state index contributed by atoms with van der Waals surface area (Å²) in [6.07, 6.45) is 0. The monoisotopic (exact) mass is 331 g/mol. The van der Waals surface area contributed by atoms with Gasteiger partial charge in [0.25, 0.3) is 0 Å². The smallest absolute Gasteiger partial charge is 0.0401 e. The first kappa shape index (κ1) is 16.9. The quantitative estimate of drug-likeness (QED) is 0.557. The highest BCUT2D eigenvalue weighted by molar-refractivity contribution is 5.68. The first-order chi connectivity index (χ1) is 12.3. The third-order valence-electron chi connectivity index (χ3n) is 4.62. The van der Waals surface area contributed by atoms with Crippen molar-refractivity contribution >= 4 is 17.1 Å². The molecule has 0 spiro atoms. The second kappa shape index (κ2) is 7.75. The zero-order chi connectivity index (χ0) is 17.6. The minimum absolute atomic E-state index is 0.121. The molecule has 3 N–H and O–H groups in total. The lowest BCUT2D eigenvalue weighted by atomic mass is 9.82. The third-order valence-corrected chi connectivity index (χ3v) is 4.62. The van der Waals surface area contributed by atoms with E-state index in [2.05, 4.69) is 88.7 Å². The zero-order valence-electron chi connectivity index (χ0n) is 15.0. The second-order valence-corrected chi connectivity index (χ2v) is 5.94. The molecule has 0 fully saturated rings. The Labute approximate surface area is 150 Å². The average molecular weight is 331 g/mol. The van der Waals surface area contributed by atoms with Crippen LogP contribution < -0.4 is 16.0 Å². The molecule has 0 amide bonds. The van der Waals surface area contributed by atoms with Gasteiger partial charge in [0, 0.05) is 44.1 Å². The van der Waals surface area contributed by atoms with Crippen LogP contribution >= 0.6 is 0 Å². The number of hydrogen-bond donors (Lipinski definition) is 3. The van der Waals surface area contributed by atoms with E-state index in [0.29, 0.717) is 0 Å². The molecule has 128 valence electrons. The highest BCUT2D eigenvalue weighted by atomic mass is 14.8. The number of rotatable bonds is 6. The Morgan fingerprint density at radius 2 is 0.760 bits per heavy atom. The lowest BCUT2D eigenvalue weighted by Crippen LogP contribution is -2.11. The van der Waals surface area contributed by atoms with E-state index in [1.165, 1.54) is 16.7 Å². The van der Waals surface area contributed by atoms with E-state index >= 15 is 0 Å². The van der Waals surface area contributed by atoms with Gasteiger partial charge in [-0.05, 0) is 34.9 Å². The van der Waals surface area contributed by atoms with Crippen LogP contribution in [-0.2, 0) is 0 Å². The normalized spacial score (nSPS) is 10.6. The van der Waals surface area contributed by atoms with Crippen molar-refractivity contribution in [3.63, 3.8) is 0 Å². The van der Waals surface area contributed by atoms with E-state index in [-0.39, 0.29) is 5.92 Å². The highest BCUT2D eigenvalue weighted by Gasteiger charge is 2.23. The molecule has 25 heavy (non-hydrogen) atoms. The fourth-order valence-corrected chi connectivity index (χ4v) is 3.43. The molecule has 0 aliphatic heterocycles. The fourth-order valence-electron chi connectivity index (χ4n) is 3.43. The molecule has 0 saturated carbocycles.